The molecule has 0 saturated heterocycles. The van der Waals surface area contributed by atoms with Crippen molar-refractivity contribution in [3.63, 3.8) is 0 Å². The summed E-state index contributed by atoms with van der Waals surface area (Å²) >= 11 is 0. The van der Waals surface area contributed by atoms with Crippen LogP contribution in [0.15, 0.2) is 23.7 Å². The zero-order valence-corrected chi connectivity index (χ0v) is 9.95. The van der Waals surface area contributed by atoms with Gasteiger partial charge in [0.15, 0.2) is 11.5 Å². The number of carbonyl (C=O) groups excluding carboxylic acids is 1. The van der Waals surface area contributed by atoms with Gasteiger partial charge in [-0.25, -0.2) is 0 Å². The first-order valence-corrected chi connectivity index (χ1v) is 5.39. The van der Waals surface area contributed by atoms with E-state index in [0.29, 0.717) is 12.8 Å². The van der Waals surface area contributed by atoms with Gasteiger partial charge in [0.25, 0.3) is 0 Å². The van der Waals surface area contributed by atoms with Gasteiger partial charge in [-0.3, -0.25) is 4.79 Å². The molecule has 3 N–H and O–H groups in total. The van der Waals surface area contributed by atoms with Crippen LogP contribution in [0.5, 0.6) is 0 Å². The van der Waals surface area contributed by atoms with Crippen LogP contribution in [0.2, 0.25) is 0 Å². The summed E-state index contributed by atoms with van der Waals surface area (Å²) in [6.45, 7) is 3.40. The number of ketones is 1. The van der Waals surface area contributed by atoms with Crippen molar-refractivity contribution in [2.45, 2.75) is 32.2 Å². The summed E-state index contributed by atoms with van der Waals surface area (Å²) in [5.74, 6) is -0.0394. The van der Waals surface area contributed by atoms with Crippen molar-refractivity contribution in [1.82, 2.24) is 5.32 Å². The molecule has 1 rings (SSSR count). The fourth-order valence-corrected chi connectivity index (χ4v) is 1.83. The average molecular weight is 225 g/mol. The Balaban J connectivity index is 2.73. The standard InChI is InChI=1S/C12H19NO3/c1-8(14)12(2,13-3)7-9-4-5-10(15)11(16)6-9/h5-6,9,13,15-16H,4,7H2,1-3H3. The predicted molar refractivity (Wildman–Crippen MR) is 62.3 cm³/mol. The lowest BCUT2D eigenvalue weighted by molar-refractivity contribution is -0.123. The minimum Gasteiger partial charge on any atom is -0.504 e. The van der Waals surface area contributed by atoms with E-state index < -0.39 is 5.54 Å². The van der Waals surface area contributed by atoms with E-state index in [1.54, 1.807) is 26.1 Å². The summed E-state index contributed by atoms with van der Waals surface area (Å²) < 4.78 is 0. The van der Waals surface area contributed by atoms with Gasteiger partial charge >= 0.3 is 0 Å². The van der Waals surface area contributed by atoms with Crippen molar-refractivity contribution in [1.29, 1.82) is 0 Å². The minimum absolute atomic E-state index is 0.0669. The summed E-state index contributed by atoms with van der Waals surface area (Å²) in [5.41, 5.74) is -0.581. The van der Waals surface area contributed by atoms with Crippen LogP contribution in [0.25, 0.3) is 0 Å². The van der Waals surface area contributed by atoms with E-state index in [-0.39, 0.29) is 23.2 Å². The maximum Gasteiger partial charge on any atom is 0.153 e. The van der Waals surface area contributed by atoms with Crippen molar-refractivity contribution in [3.8, 4) is 0 Å². The van der Waals surface area contributed by atoms with E-state index >= 15 is 0 Å². The Hall–Kier alpha value is -1.29. The number of likely N-dealkylation sites (N-methyl/N-ethyl adjacent to an activating group) is 1. The second-order valence-corrected chi connectivity index (χ2v) is 4.48. The minimum atomic E-state index is -0.581. The van der Waals surface area contributed by atoms with Crippen LogP contribution in [0.3, 0.4) is 0 Å². The van der Waals surface area contributed by atoms with E-state index in [9.17, 15) is 15.0 Å². The molecule has 0 aliphatic heterocycles. The molecule has 1 aliphatic carbocycles. The lowest BCUT2D eigenvalue weighted by atomic mass is 9.82. The lowest BCUT2D eigenvalue weighted by Gasteiger charge is -2.30. The molecular weight excluding hydrogens is 206 g/mol. The highest BCUT2D eigenvalue weighted by molar-refractivity contribution is 5.85. The van der Waals surface area contributed by atoms with Crippen molar-refractivity contribution in [2.75, 3.05) is 7.05 Å². The fraction of sp³-hybridized carbons (Fsp3) is 0.583. The van der Waals surface area contributed by atoms with Gasteiger partial charge in [0, 0.05) is 0 Å². The number of rotatable bonds is 4. The van der Waals surface area contributed by atoms with Gasteiger partial charge in [0.1, 0.15) is 5.78 Å². The second kappa shape index (κ2) is 4.70. The van der Waals surface area contributed by atoms with Crippen LogP contribution in [0.1, 0.15) is 26.7 Å². The fourth-order valence-electron chi connectivity index (χ4n) is 1.83. The predicted octanol–water partition coefficient (Wildman–Crippen LogP) is 1.85. The van der Waals surface area contributed by atoms with Crippen LogP contribution >= 0.6 is 0 Å². The molecule has 0 spiro atoms. The molecule has 1 aliphatic rings. The SMILES string of the molecule is CNC(C)(CC1C=C(O)C(O)=CC1)C(C)=O. The Bertz CT molecular complexity index is 346. The Morgan fingerprint density at radius 2 is 2.19 bits per heavy atom. The molecule has 0 heterocycles. The molecule has 90 valence electrons. The maximum atomic E-state index is 11.5. The van der Waals surface area contributed by atoms with Gasteiger partial charge in [-0.05, 0) is 51.8 Å². The molecule has 16 heavy (non-hydrogen) atoms. The lowest BCUT2D eigenvalue weighted by Crippen LogP contribution is -2.47. The number of hydrogen-bond donors (Lipinski definition) is 3. The molecular formula is C12H19NO3. The highest BCUT2D eigenvalue weighted by Crippen LogP contribution is 2.27. The number of allylic oxidation sites excluding steroid dienone is 2. The van der Waals surface area contributed by atoms with Crippen molar-refractivity contribution >= 4 is 5.78 Å². The summed E-state index contributed by atoms with van der Waals surface area (Å²) in [5, 5.41) is 21.6. The van der Waals surface area contributed by atoms with Gasteiger partial charge in [-0.2, -0.15) is 0 Å². The first kappa shape index (κ1) is 12.8. The van der Waals surface area contributed by atoms with Crippen LogP contribution < -0.4 is 5.32 Å². The Morgan fingerprint density at radius 3 is 2.62 bits per heavy atom. The van der Waals surface area contributed by atoms with Gasteiger partial charge in [-0.1, -0.05) is 0 Å². The van der Waals surface area contributed by atoms with Crippen LogP contribution in [-0.4, -0.2) is 28.6 Å². The molecule has 0 aromatic rings. The molecule has 0 saturated carbocycles. The topological polar surface area (TPSA) is 69.6 Å². The molecule has 2 unspecified atom stereocenters. The van der Waals surface area contributed by atoms with E-state index in [4.69, 9.17) is 0 Å². The summed E-state index contributed by atoms with van der Waals surface area (Å²) in [6, 6.07) is 0. The van der Waals surface area contributed by atoms with Crippen molar-refractivity contribution in [2.24, 2.45) is 5.92 Å². The Kier molecular flexibility index (Phi) is 3.75. The monoisotopic (exact) mass is 225 g/mol. The molecule has 0 amide bonds. The van der Waals surface area contributed by atoms with Gasteiger partial charge in [0.05, 0.1) is 5.54 Å². The van der Waals surface area contributed by atoms with Crippen LogP contribution in [0.4, 0.5) is 0 Å². The molecule has 0 aromatic heterocycles. The number of aliphatic hydroxyl groups is 2. The summed E-state index contributed by atoms with van der Waals surface area (Å²) in [7, 11) is 1.75. The molecule has 0 bridgehead atoms. The smallest absolute Gasteiger partial charge is 0.153 e. The third-order valence-corrected chi connectivity index (χ3v) is 3.27. The zero-order chi connectivity index (χ0) is 12.3. The Labute approximate surface area is 95.7 Å². The van der Waals surface area contributed by atoms with E-state index in [0.717, 1.165) is 0 Å². The number of carbonyl (C=O) groups is 1. The molecule has 4 nitrogen and oxygen atoms in total. The largest absolute Gasteiger partial charge is 0.504 e. The van der Waals surface area contributed by atoms with E-state index in [1.165, 1.54) is 0 Å². The van der Waals surface area contributed by atoms with Crippen molar-refractivity contribution < 1.29 is 15.0 Å². The quantitative estimate of drug-likeness (QED) is 0.683. The molecule has 0 radical (unpaired) electrons. The third kappa shape index (κ3) is 2.64. The summed E-state index contributed by atoms with van der Waals surface area (Å²) in [4.78, 5) is 11.5. The molecule has 4 heteroatoms. The van der Waals surface area contributed by atoms with Crippen molar-refractivity contribution in [3.05, 3.63) is 23.7 Å². The second-order valence-electron chi connectivity index (χ2n) is 4.48. The van der Waals surface area contributed by atoms with E-state index in [1.807, 2.05) is 6.92 Å². The van der Waals surface area contributed by atoms with Crippen LogP contribution in [0, 0.1) is 5.92 Å². The van der Waals surface area contributed by atoms with Crippen LogP contribution in [-0.2, 0) is 4.79 Å². The van der Waals surface area contributed by atoms with Gasteiger partial charge < -0.3 is 15.5 Å². The molecule has 0 fully saturated rings. The first-order chi connectivity index (χ1) is 7.39. The zero-order valence-electron chi connectivity index (χ0n) is 9.95. The first-order valence-electron chi connectivity index (χ1n) is 5.39. The number of aliphatic hydroxyl groups excluding tert-OH is 2. The highest BCUT2D eigenvalue weighted by Gasteiger charge is 2.31. The normalized spacial score (nSPS) is 24.3. The molecule has 2 atom stereocenters. The number of Topliss-reactive ketones (excluding diaryl/α,β-unsaturated/α-hetero) is 1. The summed E-state index contributed by atoms with van der Waals surface area (Å²) in [6.07, 6.45) is 4.43. The van der Waals surface area contributed by atoms with E-state index in [2.05, 4.69) is 5.32 Å². The highest BCUT2D eigenvalue weighted by atomic mass is 16.3. The third-order valence-electron chi connectivity index (χ3n) is 3.27. The van der Waals surface area contributed by atoms with Gasteiger partial charge in [-0.15, -0.1) is 0 Å². The number of hydrogen-bond acceptors (Lipinski definition) is 4. The Morgan fingerprint density at radius 1 is 1.56 bits per heavy atom. The maximum absolute atomic E-state index is 11.5. The molecule has 0 aromatic carbocycles. The van der Waals surface area contributed by atoms with Gasteiger partial charge in [0.2, 0.25) is 0 Å². The number of nitrogens with one attached hydrogen (secondary N) is 1. The average Bonchev–Trinajstić information content (AvgIpc) is 2.23.